The number of piperidine rings is 1. The summed E-state index contributed by atoms with van der Waals surface area (Å²) in [5.74, 6) is 0.565. The highest BCUT2D eigenvalue weighted by Crippen LogP contribution is 2.26. The first-order valence-electron chi connectivity index (χ1n) is 7.19. The number of halogens is 1. The van der Waals surface area contributed by atoms with Crippen molar-refractivity contribution < 1.29 is 4.79 Å². The van der Waals surface area contributed by atoms with Gasteiger partial charge in [0.1, 0.15) is 0 Å². The zero-order valence-corrected chi connectivity index (χ0v) is 13.1. The van der Waals surface area contributed by atoms with E-state index in [0.29, 0.717) is 10.9 Å². The van der Waals surface area contributed by atoms with Crippen LogP contribution in [0.25, 0.3) is 0 Å². The number of rotatable bonds is 3. The van der Waals surface area contributed by atoms with Crippen LogP contribution in [0.1, 0.15) is 32.8 Å². The van der Waals surface area contributed by atoms with Gasteiger partial charge in [0.2, 0.25) is 5.91 Å². The topological polar surface area (TPSA) is 41.1 Å². The Hall–Kier alpha value is -1.06. The van der Waals surface area contributed by atoms with E-state index in [-0.39, 0.29) is 11.9 Å². The Kier molecular flexibility index (Phi) is 4.71. The first-order chi connectivity index (χ1) is 9.41. The molecule has 2 rings (SSSR count). The summed E-state index contributed by atoms with van der Waals surface area (Å²) in [5, 5.41) is 7.18. The van der Waals surface area contributed by atoms with Crippen molar-refractivity contribution in [2.75, 3.05) is 13.1 Å². The van der Waals surface area contributed by atoms with E-state index in [1.54, 1.807) is 0 Å². The van der Waals surface area contributed by atoms with Gasteiger partial charge in [-0.15, -0.1) is 0 Å². The molecular formula is C16H23ClN2O. The maximum absolute atomic E-state index is 12.6. The Morgan fingerprint density at radius 2 is 2.20 bits per heavy atom. The number of benzene rings is 1. The van der Waals surface area contributed by atoms with Crippen molar-refractivity contribution in [3.8, 4) is 0 Å². The fourth-order valence-electron chi connectivity index (χ4n) is 2.54. The van der Waals surface area contributed by atoms with Crippen LogP contribution in [-0.2, 0) is 10.2 Å². The molecule has 20 heavy (non-hydrogen) atoms. The van der Waals surface area contributed by atoms with Gasteiger partial charge in [-0.05, 0) is 50.4 Å². The summed E-state index contributed by atoms with van der Waals surface area (Å²) in [5.41, 5.74) is 0.362. The Balaban J connectivity index is 2.10. The largest absolute Gasteiger partial charge is 0.351 e. The van der Waals surface area contributed by atoms with Crippen LogP contribution in [0, 0.1) is 5.92 Å². The van der Waals surface area contributed by atoms with Crippen molar-refractivity contribution >= 4 is 17.5 Å². The lowest BCUT2D eigenvalue weighted by atomic mass is 9.83. The Labute approximate surface area is 126 Å². The molecule has 1 aliphatic rings. The second kappa shape index (κ2) is 6.15. The number of hydrogen-bond acceptors (Lipinski definition) is 2. The number of carbonyl (C=O) groups is 1. The second-order valence-corrected chi connectivity index (χ2v) is 6.62. The third kappa shape index (κ3) is 3.33. The van der Waals surface area contributed by atoms with Gasteiger partial charge in [-0.25, -0.2) is 0 Å². The molecule has 4 heteroatoms. The van der Waals surface area contributed by atoms with Crippen molar-refractivity contribution in [1.29, 1.82) is 0 Å². The highest BCUT2D eigenvalue weighted by atomic mass is 35.5. The van der Waals surface area contributed by atoms with Crippen molar-refractivity contribution in [2.24, 2.45) is 5.92 Å². The highest BCUT2D eigenvalue weighted by Gasteiger charge is 2.33. The van der Waals surface area contributed by atoms with Gasteiger partial charge in [0, 0.05) is 17.6 Å². The molecule has 3 nitrogen and oxygen atoms in total. The van der Waals surface area contributed by atoms with Gasteiger partial charge in [0.15, 0.2) is 0 Å². The number of carbonyl (C=O) groups excluding carboxylic acids is 1. The van der Waals surface area contributed by atoms with Crippen LogP contribution in [0.15, 0.2) is 24.3 Å². The molecule has 1 aromatic carbocycles. The average molecular weight is 295 g/mol. The van der Waals surface area contributed by atoms with Crippen molar-refractivity contribution in [2.45, 2.75) is 38.6 Å². The molecule has 1 heterocycles. The van der Waals surface area contributed by atoms with Crippen LogP contribution in [0.4, 0.5) is 0 Å². The minimum absolute atomic E-state index is 0.0558. The summed E-state index contributed by atoms with van der Waals surface area (Å²) in [6.07, 6.45) is 1.10. The monoisotopic (exact) mass is 294 g/mol. The van der Waals surface area contributed by atoms with E-state index in [9.17, 15) is 4.79 Å². The Morgan fingerprint density at radius 3 is 2.85 bits per heavy atom. The summed E-state index contributed by atoms with van der Waals surface area (Å²) in [6, 6.07) is 7.73. The lowest BCUT2D eigenvalue weighted by Crippen LogP contribution is -2.54. The lowest BCUT2D eigenvalue weighted by molar-refractivity contribution is -0.126. The third-order valence-electron chi connectivity index (χ3n) is 4.26. The highest BCUT2D eigenvalue weighted by molar-refractivity contribution is 6.30. The van der Waals surface area contributed by atoms with Gasteiger partial charge in [-0.1, -0.05) is 30.7 Å². The maximum atomic E-state index is 12.6. The predicted molar refractivity (Wildman–Crippen MR) is 83.1 cm³/mol. The number of hydrogen-bond donors (Lipinski definition) is 2. The molecule has 0 radical (unpaired) electrons. The molecule has 2 N–H and O–H groups in total. The summed E-state index contributed by atoms with van der Waals surface area (Å²) in [6.45, 7) is 7.95. The fourth-order valence-corrected chi connectivity index (χ4v) is 2.73. The number of nitrogens with one attached hydrogen (secondary N) is 2. The zero-order chi connectivity index (χ0) is 14.8. The van der Waals surface area contributed by atoms with E-state index < -0.39 is 5.41 Å². The van der Waals surface area contributed by atoms with E-state index >= 15 is 0 Å². The summed E-state index contributed by atoms with van der Waals surface area (Å²) in [4.78, 5) is 12.6. The van der Waals surface area contributed by atoms with Gasteiger partial charge in [0.25, 0.3) is 0 Å². The van der Waals surface area contributed by atoms with E-state index in [4.69, 9.17) is 11.6 Å². The predicted octanol–water partition coefficient (Wildman–Crippen LogP) is 2.73. The normalized spacial score (nSPS) is 23.4. The Bertz CT molecular complexity index is 487. The Morgan fingerprint density at radius 1 is 1.45 bits per heavy atom. The van der Waals surface area contributed by atoms with Crippen LogP contribution >= 0.6 is 11.6 Å². The van der Waals surface area contributed by atoms with Crippen LogP contribution < -0.4 is 10.6 Å². The molecule has 1 aliphatic heterocycles. The quantitative estimate of drug-likeness (QED) is 0.900. The first kappa shape index (κ1) is 15.3. The molecule has 1 saturated heterocycles. The van der Waals surface area contributed by atoms with Crippen LogP contribution in [0.3, 0.4) is 0 Å². The summed E-state index contributed by atoms with van der Waals surface area (Å²) >= 11 is 6.03. The molecule has 1 aromatic rings. The smallest absolute Gasteiger partial charge is 0.230 e. The first-order valence-corrected chi connectivity index (χ1v) is 7.57. The van der Waals surface area contributed by atoms with E-state index in [0.717, 1.165) is 25.1 Å². The SMILES string of the molecule is CC1CCNCC1NC(=O)C(C)(C)c1cccc(Cl)c1. The van der Waals surface area contributed by atoms with E-state index in [2.05, 4.69) is 17.6 Å². The molecule has 0 spiro atoms. The van der Waals surface area contributed by atoms with Gasteiger partial charge < -0.3 is 10.6 Å². The molecule has 0 bridgehead atoms. The molecule has 0 aromatic heterocycles. The second-order valence-electron chi connectivity index (χ2n) is 6.19. The maximum Gasteiger partial charge on any atom is 0.230 e. The van der Waals surface area contributed by atoms with E-state index in [1.165, 1.54) is 0 Å². The van der Waals surface area contributed by atoms with Crippen LogP contribution in [0.5, 0.6) is 0 Å². The molecule has 1 amide bonds. The fraction of sp³-hybridized carbons (Fsp3) is 0.562. The molecule has 2 unspecified atom stereocenters. The minimum atomic E-state index is -0.581. The summed E-state index contributed by atoms with van der Waals surface area (Å²) < 4.78 is 0. The molecule has 110 valence electrons. The number of amides is 1. The van der Waals surface area contributed by atoms with Gasteiger partial charge in [0.05, 0.1) is 5.41 Å². The lowest BCUT2D eigenvalue weighted by Gasteiger charge is -2.33. The standard InChI is InChI=1S/C16H23ClN2O/c1-11-7-8-18-10-14(11)19-15(20)16(2,3)12-5-4-6-13(17)9-12/h4-6,9,11,14,18H,7-8,10H2,1-3H3,(H,19,20). The average Bonchev–Trinajstić information content (AvgIpc) is 2.41. The minimum Gasteiger partial charge on any atom is -0.351 e. The molecule has 0 aliphatic carbocycles. The third-order valence-corrected chi connectivity index (χ3v) is 4.49. The van der Waals surface area contributed by atoms with E-state index in [1.807, 2.05) is 38.1 Å². The van der Waals surface area contributed by atoms with Gasteiger partial charge in [-0.3, -0.25) is 4.79 Å². The summed E-state index contributed by atoms with van der Waals surface area (Å²) in [7, 11) is 0. The molecule has 2 atom stereocenters. The molecule has 0 saturated carbocycles. The van der Waals surface area contributed by atoms with Gasteiger partial charge in [-0.2, -0.15) is 0 Å². The van der Waals surface area contributed by atoms with Crippen LogP contribution in [0.2, 0.25) is 5.02 Å². The zero-order valence-electron chi connectivity index (χ0n) is 12.4. The van der Waals surface area contributed by atoms with Crippen molar-refractivity contribution in [3.05, 3.63) is 34.9 Å². The molecular weight excluding hydrogens is 272 g/mol. The van der Waals surface area contributed by atoms with Gasteiger partial charge >= 0.3 is 0 Å². The molecule has 1 fully saturated rings. The van der Waals surface area contributed by atoms with Crippen LogP contribution in [-0.4, -0.2) is 25.0 Å². The van der Waals surface area contributed by atoms with Crippen molar-refractivity contribution in [1.82, 2.24) is 10.6 Å². The van der Waals surface area contributed by atoms with Crippen molar-refractivity contribution in [3.63, 3.8) is 0 Å².